The number of hydrogen-bond acceptors (Lipinski definition) is 5. The molecule has 2 unspecified atom stereocenters. The van der Waals surface area contributed by atoms with Crippen molar-refractivity contribution in [2.45, 2.75) is 38.1 Å². The van der Waals surface area contributed by atoms with Gasteiger partial charge in [-0.3, -0.25) is 9.59 Å². The Balaban J connectivity index is 1.19. The van der Waals surface area contributed by atoms with Gasteiger partial charge in [-0.1, -0.05) is 6.07 Å². The molecule has 1 saturated heterocycles. The van der Waals surface area contributed by atoms with E-state index in [2.05, 4.69) is 15.0 Å². The second-order valence-corrected chi connectivity index (χ2v) is 9.86. The fourth-order valence-corrected chi connectivity index (χ4v) is 5.10. The van der Waals surface area contributed by atoms with Crippen molar-refractivity contribution in [1.29, 1.82) is 0 Å². The molecule has 37 heavy (non-hydrogen) atoms. The Hall–Kier alpha value is -3.33. The molecule has 2 amide bonds. The third kappa shape index (κ3) is 6.71. The zero-order chi connectivity index (χ0) is 26.5. The van der Waals surface area contributed by atoms with Crippen LogP contribution in [0.25, 0.3) is 0 Å². The predicted octanol–water partition coefficient (Wildman–Crippen LogP) is 3.60. The number of carbonyl (C=O) groups is 3. The Morgan fingerprint density at radius 1 is 1.03 bits per heavy atom. The van der Waals surface area contributed by atoms with Crippen LogP contribution in [0.1, 0.15) is 58.4 Å². The predicted molar refractivity (Wildman–Crippen MR) is 134 cm³/mol. The summed E-state index contributed by atoms with van der Waals surface area (Å²) in [5, 5.41) is 2.92. The fraction of sp³-hybridized carbons (Fsp3) is 0.464. The van der Waals surface area contributed by atoms with Gasteiger partial charge >= 0.3 is 5.97 Å². The van der Waals surface area contributed by atoms with E-state index in [-0.39, 0.29) is 23.8 Å². The van der Waals surface area contributed by atoms with Crippen LogP contribution < -0.4 is 5.32 Å². The van der Waals surface area contributed by atoms with Gasteiger partial charge in [0.2, 0.25) is 5.91 Å². The van der Waals surface area contributed by atoms with Crippen LogP contribution in [0.15, 0.2) is 42.5 Å². The van der Waals surface area contributed by atoms with Crippen molar-refractivity contribution in [3.63, 3.8) is 0 Å². The van der Waals surface area contributed by atoms with Crippen LogP contribution in [0, 0.1) is 17.6 Å². The molecule has 1 aliphatic heterocycles. The SMILES string of the molecule is COC(=O)c1ccc(C(=O)NCCN2CCC(CN(C(C)=O)C3CC3c3ccc(F)c(F)c3)CC2)cc1. The van der Waals surface area contributed by atoms with Crippen molar-refractivity contribution in [2.75, 3.05) is 39.8 Å². The van der Waals surface area contributed by atoms with Gasteiger partial charge in [0.15, 0.2) is 11.6 Å². The first-order chi connectivity index (χ1) is 17.8. The summed E-state index contributed by atoms with van der Waals surface area (Å²) >= 11 is 0. The molecular formula is C28H33F2N3O4. The van der Waals surface area contributed by atoms with Crippen molar-refractivity contribution < 1.29 is 27.9 Å². The zero-order valence-electron chi connectivity index (χ0n) is 21.2. The summed E-state index contributed by atoms with van der Waals surface area (Å²) in [7, 11) is 1.31. The van der Waals surface area contributed by atoms with E-state index < -0.39 is 17.6 Å². The van der Waals surface area contributed by atoms with Crippen LogP contribution in [-0.4, -0.2) is 73.5 Å². The molecule has 198 valence electrons. The number of rotatable bonds is 9. The lowest BCUT2D eigenvalue weighted by Crippen LogP contribution is -2.43. The maximum Gasteiger partial charge on any atom is 0.337 e. The maximum atomic E-state index is 13.6. The average Bonchev–Trinajstić information content (AvgIpc) is 3.69. The minimum absolute atomic E-state index is 0.0137. The Kier molecular flexibility index (Phi) is 8.53. The van der Waals surface area contributed by atoms with Crippen molar-refractivity contribution in [2.24, 2.45) is 5.92 Å². The number of piperidine rings is 1. The standard InChI is InChI=1S/C28H33F2N3O4/c1-18(34)33(26-16-23(26)22-7-8-24(29)25(30)15-22)17-19-9-12-32(13-10-19)14-11-31-27(35)20-3-5-21(6-4-20)28(36)37-2/h3-8,15,19,23,26H,9-14,16-17H2,1-2H3,(H,31,35). The van der Waals surface area contributed by atoms with Gasteiger partial charge in [-0.05, 0) is 80.2 Å². The molecule has 2 aliphatic rings. The van der Waals surface area contributed by atoms with Gasteiger partial charge in [0.1, 0.15) is 0 Å². The molecule has 2 aromatic rings. The van der Waals surface area contributed by atoms with E-state index in [0.717, 1.165) is 50.5 Å². The summed E-state index contributed by atoms with van der Waals surface area (Å²) in [4.78, 5) is 40.5. The molecule has 7 nitrogen and oxygen atoms in total. The number of hydrogen-bond donors (Lipinski definition) is 1. The Morgan fingerprint density at radius 2 is 1.70 bits per heavy atom. The second-order valence-electron chi connectivity index (χ2n) is 9.86. The van der Waals surface area contributed by atoms with Crippen molar-refractivity contribution in [3.05, 3.63) is 70.8 Å². The molecule has 0 radical (unpaired) electrons. The monoisotopic (exact) mass is 513 g/mol. The van der Waals surface area contributed by atoms with Crippen LogP contribution in [0.3, 0.4) is 0 Å². The number of amides is 2. The van der Waals surface area contributed by atoms with Crippen LogP contribution in [0.2, 0.25) is 0 Å². The van der Waals surface area contributed by atoms with Crippen LogP contribution >= 0.6 is 0 Å². The fourth-order valence-electron chi connectivity index (χ4n) is 5.10. The minimum atomic E-state index is -0.856. The molecule has 2 atom stereocenters. The van der Waals surface area contributed by atoms with Crippen LogP contribution in [0.4, 0.5) is 8.78 Å². The van der Waals surface area contributed by atoms with Crippen LogP contribution in [0.5, 0.6) is 0 Å². The van der Waals surface area contributed by atoms with E-state index >= 15 is 0 Å². The van der Waals surface area contributed by atoms with E-state index in [0.29, 0.717) is 30.1 Å². The largest absolute Gasteiger partial charge is 0.465 e. The number of halogens is 2. The number of nitrogens with one attached hydrogen (secondary N) is 1. The average molecular weight is 514 g/mol. The molecule has 1 aliphatic carbocycles. The minimum Gasteiger partial charge on any atom is -0.465 e. The van der Waals surface area contributed by atoms with Gasteiger partial charge in [-0.15, -0.1) is 0 Å². The topological polar surface area (TPSA) is 79.0 Å². The highest BCUT2D eigenvalue weighted by atomic mass is 19.2. The second kappa shape index (κ2) is 11.8. The molecule has 0 aromatic heterocycles. The van der Waals surface area contributed by atoms with Crippen molar-refractivity contribution in [1.82, 2.24) is 15.1 Å². The number of esters is 1. The van der Waals surface area contributed by atoms with Crippen LogP contribution in [-0.2, 0) is 9.53 Å². The van der Waals surface area contributed by atoms with E-state index in [9.17, 15) is 23.2 Å². The first-order valence-electron chi connectivity index (χ1n) is 12.7. The first kappa shape index (κ1) is 26.7. The smallest absolute Gasteiger partial charge is 0.337 e. The van der Waals surface area contributed by atoms with Gasteiger partial charge in [0.05, 0.1) is 12.7 Å². The summed E-state index contributed by atoms with van der Waals surface area (Å²) in [5.74, 6) is -1.89. The highest BCUT2D eigenvalue weighted by Gasteiger charge is 2.44. The molecule has 1 saturated carbocycles. The first-order valence-corrected chi connectivity index (χ1v) is 12.7. The lowest BCUT2D eigenvalue weighted by Gasteiger charge is -2.35. The Labute approximate surface area is 215 Å². The number of methoxy groups -OCH3 is 1. The summed E-state index contributed by atoms with van der Waals surface area (Å²) in [6.45, 7) is 5.26. The van der Waals surface area contributed by atoms with Gasteiger partial charge in [0.25, 0.3) is 5.91 Å². The van der Waals surface area contributed by atoms with E-state index in [1.165, 1.54) is 13.2 Å². The zero-order valence-corrected chi connectivity index (χ0v) is 21.2. The third-order valence-electron chi connectivity index (χ3n) is 7.38. The molecule has 0 bridgehead atoms. The normalized spacial score (nSPS) is 19.8. The summed E-state index contributed by atoms with van der Waals surface area (Å²) in [5.41, 5.74) is 1.62. The lowest BCUT2D eigenvalue weighted by atomic mass is 9.96. The number of likely N-dealkylation sites (tertiary alicyclic amines) is 1. The lowest BCUT2D eigenvalue weighted by molar-refractivity contribution is -0.130. The Morgan fingerprint density at radius 3 is 2.32 bits per heavy atom. The van der Waals surface area contributed by atoms with E-state index in [1.54, 1.807) is 37.3 Å². The summed E-state index contributed by atoms with van der Waals surface area (Å²) < 4.78 is 31.6. The van der Waals surface area contributed by atoms with E-state index in [4.69, 9.17) is 0 Å². The quantitative estimate of drug-likeness (QED) is 0.519. The third-order valence-corrected chi connectivity index (χ3v) is 7.38. The molecule has 1 heterocycles. The molecule has 1 N–H and O–H groups in total. The molecule has 0 spiro atoms. The number of benzene rings is 2. The van der Waals surface area contributed by atoms with Crippen molar-refractivity contribution >= 4 is 17.8 Å². The summed E-state index contributed by atoms with van der Waals surface area (Å²) in [6.07, 6.45) is 2.68. The highest BCUT2D eigenvalue weighted by Crippen LogP contribution is 2.45. The number of carbonyl (C=O) groups excluding carboxylic acids is 3. The van der Waals surface area contributed by atoms with Crippen molar-refractivity contribution in [3.8, 4) is 0 Å². The molecule has 2 fully saturated rings. The maximum absolute atomic E-state index is 13.6. The Bertz CT molecular complexity index is 1130. The molecular weight excluding hydrogens is 480 g/mol. The van der Waals surface area contributed by atoms with Gasteiger partial charge in [-0.25, -0.2) is 13.6 Å². The number of nitrogens with zero attached hydrogens (tertiary/aromatic N) is 2. The highest BCUT2D eigenvalue weighted by molar-refractivity contribution is 5.96. The van der Waals surface area contributed by atoms with Gasteiger partial charge < -0.3 is 19.9 Å². The van der Waals surface area contributed by atoms with E-state index in [1.807, 2.05) is 4.90 Å². The summed E-state index contributed by atoms with van der Waals surface area (Å²) in [6, 6.07) is 10.4. The van der Waals surface area contributed by atoms with Gasteiger partial charge in [-0.2, -0.15) is 0 Å². The molecule has 2 aromatic carbocycles. The number of ether oxygens (including phenoxy) is 1. The van der Waals surface area contributed by atoms with Gasteiger partial charge in [0, 0.05) is 44.1 Å². The molecule has 4 rings (SSSR count). The molecule has 9 heteroatoms.